The number of thiophene rings is 2. The molecule has 2 heterocycles. The second-order valence-corrected chi connectivity index (χ2v) is 6.65. The Labute approximate surface area is 130 Å². The third-order valence-electron chi connectivity index (χ3n) is 3.23. The molecule has 0 aliphatic carbocycles. The van der Waals surface area contributed by atoms with Crippen LogP contribution in [-0.2, 0) is 6.54 Å². The summed E-state index contributed by atoms with van der Waals surface area (Å²) in [4.78, 5) is 24.1. The van der Waals surface area contributed by atoms with Crippen LogP contribution < -0.4 is 10.6 Å². The molecule has 0 spiro atoms. The molecule has 112 valence electrons. The first-order valence-corrected chi connectivity index (χ1v) is 8.06. The number of aryl methyl sites for hydroxylation is 2. The first-order valence-electron chi connectivity index (χ1n) is 6.30. The molecule has 2 amide bonds. The average molecular weight is 324 g/mol. The van der Waals surface area contributed by atoms with E-state index < -0.39 is 12.0 Å². The van der Waals surface area contributed by atoms with Gasteiger partial charge in [0.1, 0.15) is 5.00 Å². The Morgan fingerprint density at radius 2 is 1.95 bits per heavy atom. The van der Waals surface area contributed by atoms with E-state index in [0.717, 1.165) is 16.0 Å². The Morgan fingerprint density at radius 3 is 2.52 bits per heavy atom. The van der Waals surface area contributed by atoms with Gasteiger partial charge in [-0.15, -0.1) is 11.3 Å². The van der Waals surface area contributed by atoms with Gasteiger partial charge in [-0.2, -0.15) is 11.3 Å². The largest absolute Gasteiger partial charge is 0.478 e. The van der Waals surface area contributed by atoms with Gasteiger partial charge in [0.25, 0.3) is 0 Å². The number of hydrogen-bond acceptors (Lipinski definition) is 4. The first kappa shape index (κ1) is 15.5. The van der Waals surface area contributed by atoms with Crippen molar-refractivity contribution in [3.8, 4) is 0 Å². The number of aromatic carboxylic acids is 1. The van der Waals surface area contributed by atoms with Crippen LogP contribution in [-0.4, -0.2) is 17.1 Å². The minimum atomic E-state index is -1.03. The van der Waals surface area contributed by atoms with Crippen LogP contribution in [0.3, 0.4) is 0 Å². The van der Waals surface area contributed by atoms with Gasteiger partial charge < -0.3 is 10.4 Å². The van der Waals surface area contributed by atoms with E-state index in [1.807, 2.05) is 24.6 Å². The van der Waals surface area contributed by atoms with Crippen LogP contribution in [0.2, 0.25) is 0 Å². The zero-order chi connectivity index (χ0) is 15.6. The van der Waals surface area contributed by atoms with Crippen molar-refractivity contribution in [2.45, 2.75) is 27.3 Å². The van der Waals surface area contributed by atoms with Gasteiger partial charge in [0, 0.05) is 11.4 Å². The molecule has 0 unspecified atom stereocenters. The molecule has 2 aromatic heterocycles. The number of carbonyl (C=O) groups is 2. The van der Waals surface area contributed by atoms with Crippen LogP contribution >= 0.6 is 22.7 Å². The van der Waals surface area contributed by atoms with E-state index in [-0.39, 0.29) is 5.56 Å². The van der Waals surface area contributed by atoms with Crippen LogP contribution in [0.1, 0.15) is 31.9 Å². The Kier molecular flexibility index (Phi) is 4.64. The molecule has 0 aliphatic heterocycles. The van der Waals surface area contributed by atoms with Crippen LogP contribution in [0.15, 0.2) is 10.8 Å². The third-order valence-corrected chi connectivity index (χ3v) is 5.26. The number of nitrogens with one attached hydrogen (secondary N) is 2. The predicted molar refractivity (Wildman–Crippen MR) is 85.7 cm³/mol. The lowest BCUT2D eigenvalue weighted by Gasteiger charge is -2.07. The molecule has 0 saturated heterocycles. The Bertz CT molecular complexity index is 688. The third kappa shape index (κ3) is 3.43. The molecule has 0 atom stereocenters. The number of carboxylic acid groups (broad SMARTS) is 1. The van der Waals surface area contributed by atoms with Crippen molar-refractivity contribution in [3.05, 3.63) is 37.9 Å². The zero-order valence-corrected chi connectivity index (χ0v) is 13.6. The molecule has 0 aromatic carbocycles. The van der Waals surface area contributed by atoms with E-state index in [1.54, 1.807) is 18.3 Å². The molecule has 0 fully saturated rings. The number of amides is 2. The molecular formula is C14H16N2O3S2. The van der Waals surface area contributed by atoms with Gasteiger partial charge in [0.05, 0.1) is 5.56 Å². The normalized spacial score (nSPS) is 10.4. The van der Waals surface area contributed by atoms with Gasteiger partial charge in [0.15, 0.2) is 0 Å². The lowest BCUT2D eigenvalue weighted by molar-refractivity contribution is 0.0697. The van der Waals surface area contributed by atoms with E-state index in [9.17, 15) is 14.7 Å². The minimum Gasteiger partial charge on any atom is -0.478 e. The molecule has 2 rings (SSSR count). The highest BCUT2D eigenvalue weighted by Crippen LogP contribution is 2.32. The topological polar surface area (TPSA) is 78.4 Å². The quantitative estimate of drug-likeness (QED) is 0.801. The molecule has 21 heavy (non-hydrogen) atoms. The second-order valence-electron chi connectivity index (χ2n) is 4.68. The first-order chi connectivity index (χ1) is 9.90. The highest BCUT2D eigenvalue weighted by Gasteiger charge is 2.20. The summed E-state index contributed by atoms with van der Waals surface area (Å²) in [5, 5.41) is 19.0. The molecule has 5 nitrogen and oxygen atoms in total. The van der Waals surface area contributed by atoms with Gasteiger partial charge in [-0.3, -0.25) is 5.32 Å². The molecule has 7 heteroatoms. The Hall–Kier alpha value is -1.86. The standard InChI is InChI=1S/C14H16N2O3S2/c1-7-5-20-6-10(7)4-15-14(19)16-12-11(13(17)18)8(2)9(3)21-12/h5-6H,4H2,1-3H3,(H,17,18)(H2,15,16,19). The summed E-state index contributed by atoms with van der Waals surface area (Å²) in [5.41, 5.74) is 3.05. The highest BCUT2D eigenvalue weighted by atomic mass is 32.1. The molecule has 3 N–H and O–H groups in total. The van der Waals surface area contributed by atoms with Crippen LogP contribution in [0.4, 0.5) is 9.80 Å². The molecular weight excluding hydrogens is 308 g/mol. The minimum absolute atomic E-state index is 0.166. The number of anilines is 1. The summed E-state index contributed by atoms with van der Waals surface area (Å²) in [6.45, 7) is 5.99. The molecule has 2 aromatic rings. The lowest BCUT2D eigenvalue weighted by atomic mass is 10.1. The van der Waals surface area contributed by atoms with Crippen molar-refractivity contribution in [2.75, 3.05) is 5.32 Å². The number of hydrogen-bond donors (Lipinski definition) is 3. The Balaban J connectivity index is 2.05. The van der Waals surface area contributed by atoms with Gasteiger partial charge in [-0.25, -0.2) is 9.59 Å². The number of rotatable bonds is 4. The van der Waals surface area contributed by atoms with Gasteiger partial charge >= 0.3 is 12.0 Å². The highest BCUT2D eigenvalue weighted by molar-refractivity contribution is 7.16. The van der Waals surface area contributed by atoms with Crippen molar-refractivity contribution >= 4 is 39.7 Å². The zero-order valence-electron chi connectivity index (χ0n) is 11.9. The SMILES string of the molecule is Cc1cscc1CNC(=O)Nc1sc(C)c(C)c1C(=O)O. The molecule has 0 radical (unpaired) electrons. The average Bonchev–Trinajstić information content (AvgIpc) is 2.92. The van der Waals surface area contributed by atoms with E-state index in [0.29, 0.717) is 17.1 Å². The smallest absolute Gasteiger partial charge is 0.338 e. The summed E-state index contributed by atoms with van der Waals surface area (Å²) in [6, 6.07) is -0.399. The number of urea groups is 1. The van der Waals surface area contributed by atoms with Gasteiger partial charge in [-0.05, 0) is 48.2 Å². The molecule has 0 aliphatic rings. The van der Waals surface area contributed by atoms with Gasteiger partial charge in [-0.1, -0.05) is 0 Å². The maximum atomic E-state index is 11.9. The predicted octanol–water partition coefficient (Wildman–Crippen LogP) is 3.75. The van der Waals surface area contributed by atoms with Crippen LogP contribution in [0.5, 0.6) is 0 Å². The number of carbonyl (C=O) groups excluding carboxylic acids is 1. The lowest BCUT2D eigenvalue weighted by Crippen LogP contribution is -2.28. The maximum Gasteiger partial charge on any atom is 0.338 e. The fraction of sp³-hybridized carbons (Fsp3) is 0.286. The van der Waals surface area contributed by atoms with Crippen molar-refractivity contribution in [3.63, 3.8) is 0 Å². The summed E-state index contributed by atoms with van der Waals surface area (Å²) < 4.78 is 0. The number of carboxylic acids is 1. The van der Waals surface area contributed by atoms with E-state index >= 15 is 0 Å². The van der Waals surface area contributed by atoms with Crippen molar-refractivity contribution in [1.82, 2.24) is 5.32 Å². The fourth-order valence-corrected chi connectivity index (χ4v) is 3.77. The summed E-state index contributed by atoms with van der Waals surface area (Å²) in [5.74, 6) is -1.03. The summed E-state index contributed by atoms with van der Waals surface area (Å²) in [6.07, 6.45) is 0. The summed E-state index contributed by atoms with van der Waals surface area (Å²) >= 11 is 2.86. The molecule has 0 bridgehead atoms. The second kappa shape index (κ2) is 6.28. The van der Waals surface area contributed by atoms with Crippen molar-refractivity contribution < 1.29 is 14.7 Å². The fourth-order valence-electron chi connectivity index (χ4n) is 1.86. The van der Waals surface area contributed by atoms with Crippen LogP contribution in [0, 0.1) is 20.8 Å². The van der Waals surface area contributed by atoms with Crippen molar-refractivity contribution in [2.24, 2.45) is 0 Å². The summed E-state index contributed by atoms with van der Waals surface area (Å²) in [7, 11) is 0. The van der Waals surface area contributed by atoms with Crippen LogP contribution in [0.25, 0.3) is 0 Å². The molecule has 0 saturated carbocycles. The maximum absolute atomic E-state index is 11.9. The monoisotopic (exact) mass is 324 g/mol. The Morgan fingerprint density at radius 1 is 1.24 bits per heavy atom. The van der Waals surface area contributed by atoms with E-state index in [4.69, 9.17) is 0 Å². The van der Waals surface area contributed by atoms with E-state index in [2.05, 4.69) is 10.6 Å². The van der Waals surface area contributed by atoms with Gasteiger partial charge in [0.2, 0.25) is 0 Å². The van der Waals surface area contributed by atoms with Crippen molar-refractivity contribution in [1.29, 1.82) is 0 Å². The van der Waals surface area contributed by atoms with E-state index in [1.165, 1.54) is 11.3 Å².